The molecule has 2 amide bonds. The number of aromatic carboxylic acids is 1. The predicted octanol–water partition coefficient (Wildman–Crippen LogP) is 3.35. The molecule has 1 aromatic carbocycles. The summed E-state index contributed by atoms with van der Waals surface area (Å²) in [4.78, 5) is 25.1. The predicted molar refractivity (Wildman–Crippen MR) is 79.3 cm³/mol. The van der Waals surface area contributed by atoms with Gasteiger partial charge in [0.15, 0.2) is 0 Å². The molecule has 110 valence electrons. The molecule has 0 atom stereocenters. The molecular weight excluding hydrogens is 256 g/mol. The number of nitrogens with zero attached hydrogens (tertiary/aromatic N) is 1. The molecule has 0 aliphatic rings. The van der Waals surface area contributed by atoms with Crippen LogP contribution in [0.15, 0.2) is 18.2 Å². The molecule has 0 unspecified atom stereocenters. The Bertz CT molecular complexity index is 486. The molecule has 2 N–H and O–H groups in total. The monoisotopic (exact) mass is 278 g/mol. The average molecular weight is 278 g/mol. The van der Waals surface area contributed by atoms with Crippen molar-refractivity contribution in [2.75, 3.05) is 18.4 Å². The Kier molecular flexibility index (Phi) is 6.03. The average Bonchev–Trinajstić information content (AvgIpc) is 2.41. The zero-order chi connectivity index (χ0) is 15.1. The highest BCUT2D eigenvalue weighted by atomic mass is 16.4. The minimum absolute atomic E-state index is 0.116. The zero-order valence-electron chi connectivity index (χ0n) is 12.3. The molecule has 1 rings (SSSR count). The molecule has 0 spiro atoms. The van der Waals surface area contributed by atoms with Crippen molar-refractivity contribution in [3.05, 3.63) is 29.3 Å². The van der Waals surface area contributed by atoms with E-state index in [9.17, 15) is 14.7 Å². The number of rotatable bonds is 6. The van der Waals surface area contributed by atoms with Gasteiger partial charge in [0.05, 0.1) is 11.3 Å². The summed E-state index contributed by atoms with van der Waals surface area (Å²) in [5, 5.41) is 11.9. The number of carbonyl (C=O) groups excluding carboxylic acids is 1. The lowest BCUT2D eigenvalue weighted by Crippen LogP contribution is -2.36. The smallest absolute Gasteiger partial charge is 0.337 e. The highest BCUT2D eigenvalue weighted by Gasteiger charge is 2.17. The molecule has 0 saturated carbocycles. The number of nitrogens with one attached hydrogen (secondary N) is 1. The lowest BCUT2D eigenvalue weighted by atomic mass is 10.1. The number of amides is 2. The van der Waals surface area contributed by atoms with E-state index in [1.807, 2.05) is 6.92 Å². The summed E-state index contributed by atoms with van der Waals surface area (Å²) in [6, 6.07) is 4.69. The van der Waals surface area contributed by atoms with Gasteiger partial charge in [-0.3, -0.25) is 0 Å². The largest absolute Gasteiger partial charge is 0.478 e. The third-order valence-corrected chi connectivity index (χ3v) is 3.19. The van der Waals surface area contributed by atoms with Gasteiger partial charge < -0.3 is 15.3 Å². The summed E-state index contributed by atoms with van der Waals surface area (Å²) >= 11 is 0. The molecular formula is C15H22N2O3. The second-order valence-corrected chi connectivity index (χ2v) is 4.67. The van der Waals surface area contributed by atoms with Crippen LogP contribution in [-0.2, 0) is 0 Å². The highest BCUT2D eigenvalue weighted by molar-refractivity contribution is 6.00. The number of unbranched alkanes of at least 4 members (excludes halogenated alkanes) is 1. The standard InChI is InChI=1S/C15H22N2O3/c1-4-6-10-17(5-2)15(20)16-13-11(3)8-7-9-12(13)14(18)19/h7-9H,4-6,10H2,1-3H3,(H,16,20)(H,18,19). The van der Waals surface area contributed by atoms with Gasteiger partial charge in [0.2, 0.25) is 0 Å². The Morgan fingerprint density at radius 3 is 2.55 bits per heavy atom. The van der Waals surface area contributed by atoms with Crippen LogP contribution in [0.4, 0.5) is 10.5 Å². The first kappa shape index (κ1) is 16.0. The number of hydrogen-bond acceptors (Lipinski definition) is 2. The Morgan fingerprint density at radius 1 is 1.30 bits per heavy atom. The number of benzene rings is 1. The lowest BCUT2D eigenvalue weighted by molar-refractivity contribution is 0.0698. The van der Waals surface area contributed by atoms with E-state index in [0.29, 0.717) is 18.8 Å². The Balaban J connectivity index is 2.92. The minimum Gasteiger partial charge on any atom is -0.478 e. The van der Waals surface area contributed by atoms with E-state index in [0.717, 1.165) is 18.4 Å². The topological polar surface area (TPSA) is 69.6 Å². The minimum atomic E-state index is -1.04. The van der Waals surface area contributed by atoms with Crippen LogP contribution in [0.3, 0.4) is 0 Å². The summed E-state index contributed by atoms with van der Waals surface area (Å²) in [5.74, 6) is -1.04. The van der Waals surface area contributed by atoms with Gasteiger partial charge in [-0.1, -0.05) is 25.5 Å². The normalized spacial score (nSPS) is 10.2. The first-order valence-electron chi connectivity index (χ1n) is 6.90. The van der Waals surface area contributed by atoms with Gasteiger partial charge in [-0.2, -0.15) is 0 Å². The number of para-hydroxylation sites is 1. The van der Waals surface area contributed by atoms with Crippen molar-refractivity contribution in [3.8, 4) is 0 Å². The molecule has 0 aliphatic heterocycles. The summed E-state index contributed by atoms with van der Waals surface area (Å²) in [5.41, 5.74) is 1.23. The maximum atomic E-state index is 12.2. The molecule has 0 bridgehead atoms. The van der Waals surface area contributed by atoms with Gasteiger partial charge in [-0.25, -0.2) is 9.59 Å². The fourth-order valence-corrected chi connectivity index (χ4v) is 1.95. The van der Waals surface area contributed by atoms with Crippen LogP contribution >= 0.6 is 0 Å². The third-order valence-electron chi connectivity index (χ3n) is 3.19. The van der Waals surface area contributed by atoms with Crippen LogP contribution in [0.25, 0.3) is 0 Å². The first-order chi connectivity index (χ1) is 9.51. The lowest BCUT2D eigenvalue weighted by Gasteiger charge is -2.22. The van der Waals surface area contributed by atoms with E-state index in [1.165, 1.54) is 6.07 Å². The van der Waals surface area contributed by atoms with Gasteiger partial charge in [-0.05, 0) is 31.9 Å². The molecule has 0 radical (unpaired) electrons. The van der Waals surface area contributed by atoms with Crippen molar-refractivity contribution in [1.82, 2.24) is 4.90 Å². The van der Waals surface area contributed by atoms with E-state index in [-0.39, 0.29) is 11.6 Å². The van der Waals surface area contributed by atoms with Crippen LogP contribution in [0, 0.1) is 6.92 Å². The zero-order valence-corrected chi connectivity index (χ0v) is 12.3. The van der Waals surface area contributed by atoms with Gasteiger partial charge in [0.25, 0.3) is 0 Å². The third kappa shape index (κ3) is 3.98. The summed E-state index contributed by atoms with van der Waals surface area (Å²) in [7, 11) is 0. The van der Waals surface area contributed by atoms with Gasteiger partial charge in [-0.15, -0.1) is 0 Å². The number of carbonyl (C=O) groups is 2. The second kappa shape index (κ2) is 7.53. The van der Waals surface area contributed by atoms with Crippen LogP contribution in [0.5, 0.6) is 0 Å². The summed E-state index contributed by atoms with van der Waals surface area (Å²) in [6.07, 6.45) is 1.94. The van der Waals surface area contributed by atoms with E-state index in [2.05, 4.69) is 12.2 Å². The Morgan fingerprint density at radius 2 is 2.00 bits per heavy atom. The Hall–Kier alpha value is -2.04. The molecule has 20 heavy (non-hydrogen) atoms. The van der Waals surface area contributed by atoms with Crippen molar-refractivity contribution in [3.63, 3.8) is 0 Å². The summed E-state index contributed by atoms with van der Waals surface area (Å²) in [6.45, 7) is 7.03. The summed E-state index contributed by atoms with van der Waals surface area (Å²) < 4.78 is 0. The van der Waals surface area contributed by atoms with E-state index < -0.39 is 5.97 Å². The number of carboxylic acids is 1. The fourth-order valence-electron chi connectivity index (χ4n) is 1.95. The maximum absolute atomic E-state index is 12.2. The van der Waals surface area contributed by atoms with Gasteiger partial charge >= 0.3 is 12.0 Å². The molecule has 0 heterocycles. The van der Waals surface area contributed by atoms with Crippen molar-refractivity contribution < 1.29 is 14.7 Å². The molecule has 0 saturated heterocycles. The van der Waals surface area contributed by atoms with Crippen LogP contribution in [0.1, 0.15) is 42.6 Å². The molecule has 0 fully saturated rings. The van der Waals surface area contributed by atoms with Gasteiger partial charge in [0.1, 0.15) is 0 Å². The highest BCUT2D eigenvalue weighted by Crippen LogP contribution is 2.21. The Labute approximate surface area is 119 Å². The van der Waals surface area contributed by atoms with Crippen molar-refractivity contribution in [1.29, 1.82) is 0 Å². The SMILES string of the molecule is CCCCN(CC)C(=O)Nc1c(C)cccc1C(=O)O. The number of urea groups is 1. The molecule has 5 nitrogen and oxygen atoms in total. The number of anilines is 1. The van der Waals surface area contributed by atoms with Crippen LogP contribution < -0.4 is 5.32 Å². The van der Waals surface area contributed by atoms with Crippen LogP contribution in [-0.4, -0.2) is 35.1 Å². The fraction of sp³-hybridized carbons (Fsp3) is 0.467. The van der Waals surface area contributed by atoms with Crippen LogP contribution in [0.2, 0.25) is 0 Å². The number of hydrogen-bond donors (Lipinski definition) is 2. The van der Waals surface area contributed by atoms with E-state index in [1.54, 1.807) is 24.0 Å². The number of carboxylic acid groups (broad SMARTS) is 1. The van der Waals surface area contributed by atoms with Gasteiger partial charge in [0, 0.05) is 13.1 Å². The van der Waals surface area contributed by atoms with Crippen molar-refractivity contribution in [2.45, 2.75) is 33.6 Å². The first-order valence-corrected chi connectivity index (χ1v) is 6.90. The second-order valence-electron chi connectivity index (χ2n) is 4.67. The maximum Gasteiger partial charge on any atom is 0.337 e. The number of aryl methyl sites for hydroxylation is 1. The molecule has 5 heteroatoms. The van der Waals surface area contributed by atoms with E-state index >= 15 is 0 Å². The van der Waals surface area contributed by atoms with E-state index in [4.69, 9.17) is 0 Å². The molecule has 0 aromatic heterocycles. The van der Waals surface area contributed by atoms with Crippen molar-refractivity contribution >= 4 is 17.7 Å². The quantitative estimate of drug-likeness (QED) is 0.838. The van der Waals surface area contributed by atoms with Crippen molar-refractivity contribution in [2.24, 2.45) is 0 Å². The molecule has 1 aromatic rings. The molecule has 0 aliphatic carbocycles.